The fraction of sp³-hybridized carbons (Fsp3) is 0.0870. The highest BCUT2D eigenvalue weighted by atomic mass is 35.5. The quantitative estimate of drug-likeness (QED) is 0.188. The number of aromatic amines is 1. The van der Waals surface area contributed by atoms with Crippen LogP contribution in [0.2, 0.25) is 5.02 Å². The smallest absolute Gasteiger partial charge is 0.323 e. The van der Waals surface area contributed by atoms with Crippen molar-refractivity contribution in [2.75, 3.05) is 21.3 Å². The first-order chi connectivity index (χ1) is 17.6. The number of anilines is 6. The summed E-state index contributed by atoms with van der Waals surface area (Å²) in [5.41, 5.74) is 0.841. The summed E-state index contributed by atoms with van der Waals surface area (Å²) in [5.74, 6) is 1.53. The number of urea groups is 1. The molecule has 0 bridgehead atoms. The molecule has 14 heteroatoms. The maximum absolute atomic E-state index is 13.0. The van der Waals surface area contributed by atoms with Crippen LogP contribution in [0.1, 0.15) is 17.0 Å². The summed E-state index contributed by atoms with van der Waals surface area (Å²) in [6, 6.07) is 8.92. The lowest BCUT2D eigenvalue weighted by Gasteiger charge is -2.12. The van der Waals surface area contributed by atoms with Gasteiger partial charge in [0.05, 0.1) is 28.2 Å². The summed E-state index contributed by atoms with van der Waals surface area (Å²) in [4.78, 5) is 25.1. The minimum Gasteiger partial charge on any atom is -0.323 e. The van der Waals surface area contributed by atoms with Crippen LogP contribution in [0.4, 0.5) is 52.7 Å². The highest BCUT2D eigenvalue weighted by Gasteiger charge is 2.33. The summed E-state index contributed by atoms with van der Waals surface area (Å²) in [6.45, 7) is 5.48. The van der Waals surface area contributed by atoms with Crippen LogP contribution >= 0.6 is 11.6 Å². The van der Waals surface area contributed by atoms with Gasteiger partial charge in [-0.1, -0.05) is 18.2 Å². The molecule has 3 aromatic heterocycles. The van der Waals surface area contributed by atoms with Crippen molar-refractivity contribution >= 4 is 58.5 Å². The number of hydrogen-bond donors (Lipinski definition) is 5. The number of nitrogens with one attached hydrogen (secondary N) is 5. The molecule has 0 fully saturated rings. The lowest BCUT2D eigenvalue weighted by Crippen LogP contribution is -2.20. The molecule has 0 aliphatic heterocycles. The molecule has 0 saturated heterocycles. The van der Waals surface area contributed by atoms with Gasteiger partial charge >= 0.3 is 12.2 Å². The first kappa shape index (κ1) is 25.4. The van der Waals surface area contributed by atoms with Gasteiger partial charge in [-0.05, 0) is 43.3 Å². The number of hydrogen-bond acceptors (Lipinski definition) is 7. The molecule has 1 aromatic carbocycles. The average Bonchev–Trinajstić information content (AvgIpc) is 3.28. The molecule has 10 nitrogen and oxygen atoms in total. The Morgan fingerprint density at radius 2 is 1.78 bits per heavy atom. The molecule has 37 heavy (non-hydrogen) atoms. The topological polar surface area (TPSA) is 133 Å². The predicted octanol–water partition coefficient (Wildman–Crippen LogP) is 6.35. The molecule has 0 spiro atoms. The van der Waals surface area contributed by atoms with Crippen LogP contribution in [0.15, 0.2) is 55.2 Å². The summed E-state index contributed by atoms with van der Waals surface area (Å²) in [5, 5.41) is 17.3. The Morgan fingerprint density at radius 3 is 2.46 bits per heavy atom. The Morgan fingerprint density at radius 1 is 1.00 bits per heavy atom. The minimum absolute atomic E-state index is 0.0796. The molecular weight excluding hydrogens is 511 g/mol. The summed E-state index contributed by atoms with van der Waals surface area (Å²) in [6.07, 6.45) is -1.59. The molecule has 0 radical (unpaired) electrons. The van der Waals surface area contributed by atoms with E-state index in [9.17, 15) is 18.0 Å². The second-order valence-electron chi connectivity index (χ2n) is 7.58. The Bertz CT molecular complexity index is 1440. The van der Waals surface area contributed by atoms with Gasteiger partial charge in [0.1, 0.15) is 11.6 Å². The zero-order valence-electron chi connectivity index (χ0n) is 19.1. The summed E-state index contributed by atoms with van der Waals surface area (Å²) < 4.78 is 39.0. The Kier molecular flexibility index (Phi) is 7.25. The van der Waals surface area contributed by atoms with Crippen LogP contribution in [0.3, 0.4) is 0 Å². The van der Waals surface area contributed by atoms with E-state index in [1.807, 2.05) is 0 Å². The standard InChI is InChI=1S/C23H19ClF3N9O/c1-3-13-10-20(36-35-13)32-19-8-12(2)29-21(33-19)30-15-5-7-18(28-11-15)34-22(37)31-14-4-6-17(24)16(9-14)23(25,26)27/h3-11H,1H2,2H3,(H2,28,31,34,37)(H3,29,30,32,33,35,36). The average molecular weight is 530 g/mol. The predicted molar refractivity (Wildman–Crippen MR) is 135 cm³/mol. The van der Waals surface area contributed by atoms with E-state index in [4.69, 9.17) is 11.6 Å². The molecule has 4 rings (SSSR count). The SMILES string of the molecule is C=Cc1cc(Nc2cc(C)nc(Nc3ccc(NC(=O)Nc4ccc(Cl)c(C(F)(F)F)c4)nc3)n2)n[nH]1. The fourth-order valence-corrected chi connectivity index (χ4v) is 3.32. The molecule has 0 aliphatic rings. The molecule has 3 heterocycles. The number of halogens is 4. The lowest BCUT2D eigenvalue weighted by molar-refractivity contribution is -0.137. The molecule has 2 amide bonds. The van der Waals surface area contributed by atoms with Crippen LogP contribution in [-0.2, 0) is 6.18 Å². The number of benzene rings is 1. The molecule has 0 atom stereocenters. The highest BCUT2D eigenvalue weighted by Crippen LogP contribution is 2.36. The number of carbonyl (C=O) groups is 1. The van der Waals surface area contributed by atoms with E-state index >= 15 is 0 Å². The first-order valence-corrected chi connectivity index (χ1v) is 11.0. The van der Waals surface area contributed by atoms with Crippen molar-refractivity contribution in [3.05, 3.63) is 77.2 Å². The number of rotatable bonds is 7. The van der Waals surface area contributed by atoms with Gasteiger partial charge in [0.2, 0.25) is 5.95 Å². The molecule has 0 aliphatic carbocycles. The first-order valence-electron chi connectivity index (χ1n) is 10.6. The van der Waals surface area contributed by atoms with E-state index in [0.29, 0.717) is 29.0 Å². The van der Waals surface area contributed by atoms with E-state index in [1.54, 1.807) is 31.2 Å². The van der Waals surface area contributed by atoms with Crippen molar-refractivity contribution in [1.29, 1.82) is 0 Å². The minimum atomic E-state index is -4.65. The van der Waals surface area contributed by atoms with E-state index in [1.165, 1.54) is 18.3 Å². The van der Waals surface area contributed by atoms with Gasteiger partial charge in [-0.2, -0.15) is 23.3 Å². The van der Waals surface area contributed by atoms with Crippen molar-refractivity contribution < 1.29 is 18.0 Å². The molecule has 0 unspecified atom stereocenters. The van der Waals surface area contributed by atoms with E-state index < -0.39 is 22.8 Å². The Hall–Kier alpha value is -4.65. The van der Waals surface area contributed by atoms with Crippen LogP contribution in [-0.4, -0.2) is 31.2 Å². The number of pyridine rings is 1. The highest BCUT2D eigenvalue weighted by molar-refractivity contribution is 6.31. The van der Waals surface area contributed by atoms with Crippen LogP contribution in [0.25, 0.3) is 6.08 Å². The zero-order valence-corrected chi connectivity index (χ0v) is 19.9. The maximum Gasteiger partial charge on any atom is 0.417 e. The van der Waals surface area contributed by atoms with Crippen molar-refractivity contribution in [1.82, 2.24) is 25.1 Å². The molecule has 0 saturated carbocycles. The maximum atomic E-state index is 13.0. The molecular formula is C23H19ClF3N9O. The molecule has 190 valence electrons. The number of amides is 2. The van der Waals surface area contributed by atoms with Gasteiger partial charge in [0.25, 0.3) is 0 Å². The van der Waals surface area contributed by atoms with Gasteiger partial charge in [0.15, 0.2) is 5.82 Å². The summed E-state index contributed by atoms with van der Waals surface area (Å²) in [7, 11) is 0. The number of H-pyrrole nitrogens is 1. The summed E-state index contributed by atoms with van der Waals surface area (Å²) >= 11 is 5.60. The van der Waals surface area contributed by atoms with Crippen molar-refractivity contribution in [3.8, 4) is 0 Å². The third-order valence-corrected chi connectivity index (χ3v) is 5.05. The van der Waals surface area contributed by atoms with Crippen molar-refractivity contribution in [2.45, 2.75) is 13.1 Å². The second-order valence-corrected chi connectivity index (χ2v) is 7.99. The second kappa shape index (κ2) is 10.5. The van der Waals surface area contributed by atoms with E-state index in [2.05, 4.69) is 53.0 Å². The van der Waals surface area contributed by atoms with Gasteiger partial charge in [-0.15, -0.1) is 0 Å². The monoisotopic (exact) mass is 529 g/mol. The third-order valence-electron chi connectivity index (χ3n) is 4.72. The van der Waals surface area contributed by atoms with Crippen LogP contribution in [0, 0.1) is 6.92 Å². The number of carbonyl (C=O) groups excluding carboxylic acids is 1. The number of aryl methyl sites for hydroxylation is 1. The third kappa shape index (κ3) is 6.73. The number of alkyl halides is 3. The Balaban J connectivity index is 1.38. The largest absolute Gasteiger partial charge is 0.417 e. The van der Waals surface area contributed by atoms with Crippen molar-refractivity contribution in [3.63, 3.8) is 0 Å². The zero-order chi connectivity index (χ0) is 26.6. The molecule has 5 N–H and O–H groups in total. The van der Waals surface area contributed by atoms with Gasteiger partial charge in [0, 0.05) is 23.5 Å². The van der Waals surface area contributed by atoms with Gasteiger partial charge in [-0.3, -0.25) is 10.4 Å². The van der Waals surface area contributed by atoms with Crippen LogP contribution in [0.5, 0.6) is 0 Å². The van der Waals surface area contributed by atoms with Gasteiger partial charge < -0.3 is 16.0 Å². The number of aromatic nitrogens is 5. The fourth-order valence-electron chi connectivity index (χ4n) is 3.09. The van der Waals surface area contributed by atoms with Gasteiger partial charge in [-0.25, -0.2) is 14.8 Å². The van der Waals surface area contributed by atoms with E-state index in [0.717, 1.165) is 17.8 Å². The van der Waals surface area contributed by atoms with Crippen LogP contribution < -0.4 is 21.3 Å². The lowest BCUT2D eigenvalue weighted by atomic mass is 10.2. The normalized spacial score (nSPS) is 11.1. The number of nitrogens with zero attached hydrogens (tertiary/aromatic N) is 4. The van der Waals surface area contributed by atoms with E-state index in [-0.39, 0.29) is 11.5 Å². The Labute approximate surface area is 213 Å². The van der Waals surface area contributed by atoms with Crippen molar-refractivity contribution in [2.24, 2.45) is 0 Å². The molecule has 4 aromatic rings.